The molecule has 0 bridgehead atoms. The average molecular weight is 377 g/mol. The minimum Gasteiger partial charge on any atom is -0.396 e. The maximum Gasteiger partial charge on any atom is 0.227 e. The molecule has 1 atom stereocenters. The smallest absolute Gasteiger partial charge is 0.227 e. The Bertz CT molecular complexity index is 696. The fraction of sp³-hybridized carbons (Fsp3) is 0.450. The predicted molar refractivity (Wildman–Crippen MR) is 99.7 cm³/mol. The van der Waals surface area contributed by atoms with Gasteiger partial charge in [0.05, 0.1) is 12.5 Å². The van der Waals surface area contributed by atoms with Crippen LogP contribution in [0.25, 0.3) is 0 Å². The van der Waals surface area contributed by atoms with Crippen molar-refractivity contribution in [1.29, 1.82) is 0 Å². The van der Waals surface area contributed by atoms with Gasteiger partial charge >= 0.3 is 0 Å². The molecule has 2 heterocycles. The zero-order valence-corrected chi connectivity index (χ0v) is 15.4. The van der Waals surface area contributed by atoms with E-state index in [0.29, 0.717) is 26.2 Å². The second-order valence-electron chi connectivity index (χ2n) is 6.88. The number of nitrogens with one attached hydrogen (secondary N) is 1. The Morgan fingerprint density at radius 2 is 2.00 bits per heavy atom. The first-order chi connectivity index (χ1) is 12.6. The maximum atomic E-state index is 13.3. The lowest BCUT2D eigenvalue weighted by Gasteiger charge is -2.36. The number of benzene rings is 1. The van der Waals surface area contributed by atoms with Crippen molar-refractivity contribution in [2.75, 3.05) is 26.4 Å². The number of aliphatic hydroxyl groups is 1. The van der Waals surface area contributed by atoms with Gasteiger partial charge in [-0.25, -0.2) is 4.39 Å². The summed E-state index contributed by atoms with van der Waals surface area (Å²) in [7, 11) is 0. The monoisotopic (exact) mass is 377 g/mol. The standard InChI is InChI=1S/C20H24FNO3S/c21-16-5-3-15(4-6-16)18(12-17-2-1-11-26-17)19(24)22-13-20(14-23)7-9-25-10-8-20/h1-6,11,18,23H,7-10,12-14H2,(H,22,24). The first-order valence-electron chi connectivity index (χ1n) is 8.86. The number of hydrogen-bond acceptors (Lipinski definition) is 4. The Hall–Kier alpha value is -1.76. The van der Waals surface area contributed by atoms with Crippen molar-refractivity contribution >= 4 is 17.2 Å². The van der Waals surface area contributed by atoms with E-state index in [1.54, 1.807) is 23.5 Å². The summed E-state index contributed by atoms with van der Waals surface area (Å²) < 4.78 is 18.7. The highest BCUT2D eigenvalue weighted by Crippen LogP contribution is 2.30. The van der Waals surface area contributed by atoms with Crippen molar-refractivity contribution in [3.63, 3.8) is 0 Å². The van der Waals surface area contributed by atoms with Crippen LogP contribution in [0.3, 0.4) is 0 Å². The second-order valence-corrected chi connectivity index (χ2v) is 7.91. The topological polar surface area (TPSA) is 58.6 Å². The Labute approximate surface area is 157 Å². The van der Waals surface area contributed by atoms with E-state index in [-0.39, 0.29) is 29.7 Å². The van der Waals surface area contributed by atoms with E-state index in [2.05, 4.69) is 5.32 Å². The molecular formula is C20H24FNO3S. The van der Waals surface area contributed by atoms with Gasteiger partial charge in [0.15, 0.2) is 0 Å². The largest absolute Gasteiger partial charge is 0.396 e. The number of amides is 1. The molecule has 2 aromatic rings. The van der Waals surface area contributed by atoms with Crippen LogP contribution in [0.2, 0.25) is 0 Å². The summed E-state index contributed by atoms with van der Waals surface area (Å²) >= 11 is 1.61. The van der Waals surface area contributed by atoms with E-state index in [0.717, 1.165) is 23.3 Å². The van der Waals surface area contributed by atoms with E-state index in [4.69, 9.17) is 4.74 Å². The average Bonchev–Trinajstić information content (AvgIpc) is 3.19. The van der Waals surface area contributed by atoms with Crippen molar-refractivity contribution in [2.45, 2.75) is 25.2 Å². The maximum absolute atomic E-state index is 13.3. The summed E-state index contributed by atoms with van der Waals surface area (Å²) in [6.45, 7) is 1.66. The summed E-state index contributed by atoms with van der Waals surface area (Å²) in [5.41, 5.74) is 0.479. The summed E-state index contributed by atoms with van der Waals surface area (Å²) in [4.78, 5) is 14.1. The summed E-state index contributed by atoms with van der Waals surface area (Å²) in [5, 5.41) is 14.8. The van der Waals surface area contributed by atoms with Gasteiger partial charge < -0.3 is 15.2 Å². The van der Waals surface area contributed by atoms with Gasteiger partial charge in [-0.2, -0.15) is 0 Å². The minimum atomic E-state index is -0.384. The fourth-order valence-electron chi connectivity index (χ4n) is 3.28. The molecule has 0 spiro atoms. The van der Waals surface area contributed by atoms with E-state index in [1.807, 2.05) is 17.5 Å². The molecule has 1 aromatic carbocycles. The summed E-state index contributed by atoms with van der Waals surface area (Å²) in [5.74, 6) is -0.792. The molecule has 140 valence electrons. The van der Waals surface area contributed by atoms with Gasteiger partial charge in [0.2, 0.25) is 5.91 Å². The number of halogens is 1. The van der Waals surface area contributed by atoms with Crippen LogP contribution in [-0.2, 0) is 16.0 Å². The number of rotatable bonds is 7. The van der Waals surface area contributed by atoms with Gasteiger partial charge in [0, 0.05) is 30.1 Å². The molecule has 1 unspecified atom stereocenters. The lowest BCUT2D eigenvalue weighted by Crippen LogP contribution is -2.45. The second kappa shape index (κ2) is 8.75. The van der Waals surface area contributed by atoms with E-state index < -0.39 is 0 Å². The molecule has 1 aliphatic heterocycles. The van der Waals surface area contributed by atoms with E-state index >= 15 is 0 Å². The number of thiophene rings is 1. The minimum absolute atomic E-state index is 0.0305. The molecular weight excluding hydrogens is 353 g/mol. The van der Waals surface area contributed by atoms with Crippen molar-refractivity contribution in [3.05, 3.63) is 58.0 Å². The van der Waals surface area contributed by atoms with Crippen molar-refractivity contribution in [3.8, 4) is 0 Å². The van der Waals surface area contributed by atoms with Crippen LogP contribution in [0.1, 0.15) is 29.2 Å². The summed E-state index contributed by atoms with van der Waals surface area (Å²) in [6.07, 6.45) is 2.04. The molecule has 1 aromatic heterocycles. The molecule has 6 heteroatoms. The van der Waals surface area contributed by atoms with Gasteiger partial charge in [0.25, 0.3) is 0 Å². The Morgan fingerprint density at radius 3 is 2.62 bits per heavy atom. The molecule has 26 heavy (non-hydrogen) atoms. The van der Waals surface area contributed by atoms with Gasteiger partial charge in [-0.05, 0) is 48.4 Å². The molecule has 4 nitrogen and oxygen atoms in total. The highest BCUT2D eigenvalue weighted by Gasteiger charge is 2.33. The van der Waals surface area contributed by atoms with Gasteiger partial charge in [-0.1, -0.05) is 18.2 Å². The highest BCUT2D eigenvalue weighted by atomic mass is 32.1. The number of carbonyl (C=O) groups excluding carboxylic acids is 1. The van der Waals surface area contributed by atoms with Crippen molar-refractivity contribution in [1.82, 2.24) is 5.32 Å². The van der Waals surface area contributed by atoms with Crippen molar-refractivity contribution in [2.24, 2.45) is 5.41 Å². The quantitative estimate of drug-likeness (QED) is 0.779. The van der Waals surface area contributed by atoms with Crippen LogP contribution in [0, 0.1) is 11.2 Å². The summed E-state index contributed by atoms with van der Waals surface area (Å²) in [6, 6.07) is 10.1. The van der Waals surface area contributed by atoms with Gasteiger partial charge in [-0.15, -0.1) is 11.3 Å². The molecule has 1 aliphatic rings. The van der Waals surface area contributed by atoms with Crippen LogP contribution < -0.4 is 5.32 Å². The SMILES string of the molecule is O=C(NCC1(CO)CCOCC1)C(Cc1cccs1)c1ccc(F)cc1. The number of aliphatic hydroxyl groups excluding tert-OH is 1. The predicted octanol–water partition coefficient (Wildman–Crippen LogP) is 3.12. The fourth-order valence-corrected chi connectivity index (χ4v) is 4.03. The Kier molecular flexibility index (Phi) is 6.40. The zero-order valence-electron chi connectivity index (χ0n) is 14.6. The molecule has 0 saturated carbocycles. The first kappa shape index (κ1) is 19.0. The molecule has 1 fully saturated rings. The van der Waals surface area contributed by atoms with E-state index in [9.17, 15) is 14.3 Å². The normalized spacial score (nSPS) is 17.6. The highest BCUT2D eigenvalue weighted by molar-refractivity contribution is 7.09. The van der Waals surface area contributed by atoms with E-state index in [1.165, 1.54) is 12.1 Å². The molecule has 1 saturated heterocycles. The van der Waals surface area contributed by atoms with Gasteiger partial charge in [-0.3, -0.25) is 4.79 Å². The van der Waals surface area contributed by atoms with Crippen LogP contribution in [0.15, 0.2) is 41.8 Å². The third-order valence-electron chi connectivity index (χ3n) is 5.10. The zero-order chi connectivity index (χ0) is 18.4. The number of hydrogen-bond donors (Lipinski definition) is 2. The molecule has 2 N–H and O–H groups in total. The van der Waals surface area contributed by atoms with Crippen LogP contribution in [-0.4, -0.2) is 37.4 Å². The molecule has 0 radical (unpaired) electrons. The van der Waals surface area contributed by atoms with Crippen LogP contribution >= 0.6 is 11.3 Å². The van der Waals surface area contributed by atoms with Crippen LogP contribution in [0.5, 0.6) is 0 Å². The Balaban J connectivity index is 1.72. The first-order valence-corrected chi connectivity index (χ1v) is 9.74. The lowest BCUT2D eigenvalue weighted by molar-refractivity contribution is -0.123. The molecule has 3 rings (SSSR count). The van der Waals surface area contributed by atoms with Crippen molar-refractivity contribution < 1.29 is 19.0 Å². The molecule has 1 amide bonds. The Morgan fingerprint density at radius 1 is 1.27 bits per heavy atom. The number of ether oxygens (including phenoxy) is 1. The van der Waals surface area contributed by atoms with Crippen LogP contribution in [0.4, 0.5) is 4.39 Å². The third-order valence-corrected chi connectivity index (χ3v) is 6.00. The lowest BCUT2D eigenvalue weighted by atomic mass is 9.80. The number of carbonyl (C=O) groups is 1. The molecule has 0 aliphatic carbocycles. The third kappa shape index (κ3) is 4.69. The van der Waals surface area contributed by atoms with Gasteiger partial charge in [0.1, 0.15) is 5.82 Å².